The second-order valence-electron chi connectivity index (χ2n) is 6.06. The first-order valence-electron chi connectivity index (χ1n) is 8.84. The van der Waals surface area contributed by atoms with Gasteiger partial charge in [-0.15, -0.1) is 0 Å². The molecule has 3 amide bonds. The molecule has 28 heavy (non-hydrogen) atoms. The standard InChI is InChI=1S/C16H27N7O5/c17-4-2-1-3-11(15(27)20-8-14(25)26)23-16(28)12(22-13(24)6-18)5-10-7-19-9-21-10/h7,9,11-12H,1-6,8,17-18H2,(H,19,21)(H,20,27)(H,22,24)(H,23,28)(H,25,26). The maximum atomic E-state index is 12.7. The summed E-state index contributed by atoms with van der Waals surface area (Å²) in [6.07, 6.45) is 4.53. The van der Waals surface area contributed by atoms with Gasteiger partial charge in [-0.1, -0.05) is 0 Å². The summed E-state index contributed by atoms with van der Waals surface area (Å²) in [4.78, 5) is 54.0. The van der Waals surface area contributed by atoms with Gasteiger partial charge in [0.1, 0.15) is 18.6 Å². The van der Waals surface area contributed by atoms with Crippen molar-refractivity contribution in [2.24, 2.45) is 11.5 Å². The molecule has 0 fully saturated rings. The van der Waals surface area contributed by atoms with Crippen LogP contribution >= 0.6 is 0 Å². The topological polar surface area (TPSA) is 205 Å². The molecular formula is C16H27N7O5. The fourth-order valence-corrected chi connectivity index (χ4v) is 2.40. The summed E-state index contributed by atoms with van der Waals surface area (Å²) in [6, 6.07) is -1.95. The molecule has 12 heteroatoms. The minimum Gasteiger partial charge on any atom is -0.480 e. The van der Waals surface area contributed by atoms with Gasteiger partial charge in [-0.3, -0.25) is 19.2 Å². The number of nitrogens with two attached hydrogens (primary N) is 2. The third-order valence-corrected chi connectivity index (χ3v) is 3.81. The third-order valence-electron chi connectivity index (χ3n) is 3.81. The molecule has 0 aliphatic rings. The molecule has 12 nitrogen and oxygen atoms in total. The van der Waals surface area contributed by atoms with E-state index >= 15 is 0 Å². The lowest BCUT2D eigenvalue weighted by atomic mass is 10.1. The van der Waals surface area contributed by atoms with Crippen LogP contribution in [0, 0.1) is 0 Å². The molecule has 0 radical (unpaired) electrons. The number of imidazole rings is 1. The van der Waals surface area contributed by atoms with Crippen LogP contribution in [0.2, 0.25) is 0 Å². The van der Waals surface area contributed by atoms with Crippen LogP contribution in [0.3, 0.4) is 0 Å². The SMILES string of the molecule is NCCCCC(NC(=O)C(Cc1cnc[nH]1)NC(=O)CN)C(=O)NCC(=O)O. The monoisotopic (exact) mass is 397 g/mol. The molecule has 156 valence electrons. The number of carbonyl (C=O) groups is 4. The first-order chi connectivity index (χ1) is 13.4. The van der Waals surface area contributed by atoms with E-state index in [-0.39, 0.29) is 19.4 Å². The predicted molar refractivity (Wildman–Crippen MR) is 98.8 cm³/mol. The van der Waals surface area contributed by atoms with Crippen molar-refractivity contribution in [2.75, 3.05) is 19.6 Å². The zero-order valence-corrected chi connectivity index (χ0v) is 15.4. The van der Waals surface area contributed by atoms with E-state index in [0.717, 1.165) is 0 Å². The van der Waals surface area contributed by atoms with Gasteiger partial charge >= 0.3 is 5.97 Å². The van der Waals surface area contributed by atoms with Crippen LogP contribution in [0.15, 0.2) is 12.5 Å². The second-order valence-corrected chi connectivity index (χ2v) is 6.06. The van der Waals surface area contributed by atoms with Crippen molar-refractivity contribution in [2.45, 2.75) is 37.8 Å². The molecule has 0 aliphatic heterocycles. The summed E-state index contributed by atoms with van der Waals surface area (Å²) in [6.45, 7) is -0.443. The number of nitrogens with zero attached hydrogens (tertiary/aromatic N) is 1. The van der Waals surface area contributed by atoms with Crippen molar-refractivity contribution >= 4 is 23.7 Å². The number of H-pyrrole nitrogens is 1. The zero-order chi connectivity index (χ0) is 20.9. The number of rotatable bonds is 13. The lowest BCUT2D eigenvalue weighted by Crippen LogP contribution is -2.55. The van der Waals surface area contributed by atoms with Gasteiger partial charge in [0.25, 0.3) is 0 Å². The lowest BCUT2D eigenvalue weighted by molar-refractivity contribution is -0.138. The number of aromatic amines is 1. The summed E-state index contributed by atoms with van der Waals surface area (Å²) in [7, 11) is 0. The third kappa shape index (κ3) is 8.60. The number of aliphatic carboxylic acids is 1. The van der Waals surface area contributed by atoms with E-state index < -0.39 is 42.3 Å². The quantitative estimate of drug-likeness (QED) is 0.173. The Morgan fingerprint density at radius 3 is 2.43 bits per heavy atom. The van der Waals surface area contributed by atoms with Gasteiger partial charge < -0.3 is 37.5 Å². The zero-order valence-electron chi connectivity index (χ0n) is 15.4. The first-order valence-corrected chi connectivity index (χ1v) is 8.84. The number of carbonyl (C=O) groups excluding carboxylic acids is 3. The van der Waals surface area contributed by atoms with E-state index in [1.165, 1.54) is 12.5 Å². The predicted octanol–water partition coefficient (Wildman–Crippen LogP) is -2.79. The Bertz CT molecular complexity index is 650. The van der Waals surface area contributed by atoms with Crippen molar-refractivity contribution in [3.05, 3.63) is 18.2 Å². The molecule has 1 aromatic rings. The molecule has 1 aromatic heterocycles. The number of carboxylic acids is 1. The van der Waals surface area contributed by atoms with E-state index in [2.05, 4.69) is 25.9 Å². The largest absolute Gasteiger partial charge is 0.480 e. The Hall–Kier alpha value is -2.99. The minimum absolute atomic E-state index is 0.115. The van der Waals surface area contributed by atoms with Crippen LogP contribution in [0.25, 0.3) is 0 Å². The number of carboxylic acid groups (broad SMARTS) is 1. The number of hydrogen-bond donors (Lipinski definition) is 7. The Labute approximate surface area is 161 Å². The lowest BCUT2D eigenvalue weighted by Gasteiger charge is -2.22. The average molecular weight is 397 g/mol. The molecule has 0 saturated heterocycles. The Morgan fingerprint density at radius 2 is 1.86 bits per heavy atom. The summed E-state index contributed by atoms with van der Waals surface area (Å²) >= 11 is 0. The highest BCUT2D eigenvalue weighted by Gasteiger charge is 2.27. The van der Waals surface area contributed by atoms with E-state index in [1.54, 1.807) is 0 Å². The van der Waals surface area contributed by atoms with Crippen LogP contribution < -0.4 is 27.4 Å². The summed E-state index contributed by atoms with van der Waals surface area (Å²) < 4.78 is 0. The molecular weight excluding hydrogens is 370 g/mol. The summed E-state index contributed by atoms with van der Waals surface area (Å²) in [5.41, 5.74) is 11.4. The van der Waals surface area contributed by atoms with Gasteiger partial charge in [0.2, 0.25) is 17.7 Å². The second kappa shape index (κ2) is 12.4. The average Bonchev–Trinajstić information content (AvgIpc) is 3.17. The molecule has 1 heterocycles. The van der Waals surface area contributed by atoms with E-state index in [1.807, 2.05) is 0 Å². The number of nitrogens with one attached hydrogen (secondary N) is 4. The van der Waals surface area contributed by atoms with Crippen molar-refractivity contribution in [3.63, 3.8) is 0 Å². The minimum atomic E-state index is -1.20. The van der Waals surface area contributed by atoms with Gasteiger partial charge in [-0.2, -0.15) is 0 Å². The van der Waals surface area contributed by atoms with Gasteiger partial charge in [0.05, 0.1) is 12.9 Å². The molecule has 0 spiro atoms. The van der Waals surface area contributed by atoms with E-state index in [4.69, 9.17) is 16.6 Å². The van der Waals surface area contributed by atoms with Gasteiger partial charge in [0, 0.05) is 18.3 Å². The fraction of sp³-hybridized carbons (Fsp3) is 0.562. The number of amides is 3. The number of hydrogen-bond acceptors (Lipinski definition) is 7. The van der Waals surface area contributed by atoms with Crippen LogP contribution in [0.5, 0.6) is 0 Å². The van der Waals surface area contributed by atoms with Crippen molar-refractivity contribution in [3.8, 4) is 0 Å². The maximum Gasteiger partial charge on any atom is 0.322 e. The molecule has 0 aliphatic carbocycles. The van der Waals surface area contributed by atoms with Crippen LogP contribution in [0.4, 0.5) is 0 Å². The highest BCUT2D eigenvalue weighted by molar-refractivity contribution is 5.93. The molecule has 2 unspecified atom stereocenters. The molecule has 0 bridgehead atoms. The normalized spacial score (nSPS) is 12.6. The van der Waals surface area contributed by atoms with Crippen molar-refractivity contribution in [1.29, 1.82) is 0 Å². The molecule has 2 atom stereocenters. The molecule has 0 aromatic carbocycles. The van der Waals surface area contributed by atoms with Gasteiger partial charge in [-0.25, -0.2) is 4.98 Å². The van der Waals surface area contributed by atoms with E-state index in [9.17, 15) is 19.2 Å². The van der Waals surface area contributed by atoms with Crippen molar-refractivity contribution in [1.82, 2.24) is 25.9 Å². The molecule has 1 rings (SSSR count). The highest BCUT2D eigenvalue weighted by Crippen LogP contribution is 2.04. The highest BCUT2D eigenvalue weighted by atomic mass is 16.4. The Kier molecular flexibility index (Phi) is 10.2. The first kappa shape index (κ1) is 23.0. The smallest absolute Gasteiger partial charge is 0.322 e. The molecule has 0 saturated carbocycles. The van der Waals surface area contributed by atoms with Crippen LogP contribution in [0.1, 0.15) is 25.0 Å². The molecule has 9 N–H and O–H groups in total. The van der Waals surface area contributed by atoms with Gasteiger partial charge in [0.15, 0.2) is 0 Å². The number of aromatic nitrogens is 2. The fourth-order valence-electron chi connectivity index (χ4n) is 2.40. The van der Waals surface area contributed by atoms with Gasteiger partial charge in [-0.05, 0) is 25.8 Å². The van der Waals surface area contributed by atoms with Crippen LogP contribution in [-0.2, 0) is 25.6 Å². The Balaban J connectivity index is 2.83. The summed E-state index contributed by atoms with van der Waals surface area (Å²) in [5.74, 6) is -2.96. The van der Waals surface area contributed by atoms with Crippen molar-refractivity contribution < 1.29 is 24.3 Å². The van der Waals surface area contributed by atoms with Crippen LogP contribution in [-0.4, -0.2) is 70.5 Å². The maximum absolute atomic E-state index is 12.7. The van der Waals surface area contributed by atoms with E-state index in [0.29, 0.717) is 25.1 Å². The Morgan fingerprint density at radius 1 is 1.11 bits per heavy atom. The summed E-state index contributed by atoms with van der Waals surface area (Å²) in [5, 5.41) is 16.0. The number of unbranched alkanes of at least 4 members (excludes halogenated alkanes) is 1.